The Kier molecular flexibility index (Phi) is 3.98. The van der Waals surface area contributed by atoms with Crippen LogP contribution in [0.15, 0.2) is 0 Å². The highest BCUT2D eigenvalue weighted by molar-refractivity contribution is 5.79. The van der Waals surface area contributed by atoms with Crippen LogP contribution in [0.2, 0.25) is 0 Å². The van der Waals surface area contributed by atoms with E-state index in [1.54, 1.807) is 0 Å². The van der Waals surface area contributed by atoms with Crippen molar-refractivity contribution in [1.82, 2.24) is 0 Å². The quantitative estimate of drug-likeness (QED) is 0.822. The largest absolute Gasteiger partial charge is 0.330 e. The van der Waals surface area contributed by atoms with Crippen LogP contribution in [0.5, 0.6) is 0 Å². The van der Waals surface area contributed by atoms with E-state index < -0.39 is 0 Å². The summed E-state index contributed by atoms with van der Waals surface area (Å²) in [5.41, 5.74) is 6.18. The van der Waals surface area contributed by atoms with Crippen molar-refractivity contribution in [2.45, 2.75) is 70.6 Å². The fourth-order valence-electron chi connectivity index (χ4n) is 5.16. The normalized spacial score (nSPS) is 36.6. The standard InChI is InChI=1S/C17H29NO/c18-12-17(6-2-1-3-7-17)11-16(19)10-15-9-13-4-5-14(15)8-13/h13-15H,1-12,18H2. The van der Waals surface area contributed by atoms with Gasteiger partial charge in [-0.2, -0.15) is 0 Å². The molecule has 0 saturated heterocycles. The molecule has 3 aliphatic rings. The average molecular weight is 263 g/mol. The van der Waals surface area contributed by atoms with Crippen LogP contribution >= 0.6 is 0 Å². The second kappa shape index (κ2) is 5.55. The van der Waals surface area contributed by atoms with Gasteiger partial charge in [0.25, 0.3) is 0 Å². The molecule has 0 spiro atoms. The van der Waals surface area contributed by atoms with Gasteiger partial charge in [0.2, 0.25) is 0 Å². The maximum Gasteiger partial charge on any atom is 0.133 e. The van der Waals surface area contributed by atoms with Crippen molar-refractivity contribution in [3.05, 3.63) is 0 Å². The molecule has 3 fully saturated rings. The van der Waals surface area contributed by atoms with Crippen molar-refractivity contribution in [2.24, 2.45) is 28.9 Å². The summed E-state index contributed by atoms with van der Waals surface area (Å²) in [6.07, 6.45) is 13.5. The Morgan fingerprint density at radius 3 is 2.47 bits per heavy atom. The van der Waals surface area contributed by atoms with Crippen LogP contribution in [0.4, 0.5) is 0 Å². The lowest BCUT2D eigenvalue weighted by molar-refractivity contribution is -0.123. The van der Waals surface area contributed by atoms with E-state index in [9.17, 15) is 4.79 Å². The van der Waals surface area contributed by atoms with Crippen LogP contribution in [-0.2, 0) is 4.79 Å². The van der Waals surface area contributed by atoms with E-state index in [4.69, 9.17) is 5.73 Å². The summed E-state index contributed by atoms with van der Waals surface area (Å²) in [6.45, 7) is 0.718. The van der Waals surface area contributed by atoms with Gasteiger partial charge in [0, 0.05) is 12.8 Å². The van der Waals surface area contributed by atoms with Gasteiger partial charge in [0.1, 0.15) is 5.78 Å². The zero-order valence-electron chi connectivity index (χ0n) is 12.2. The molecule has 19 heavy (non-hydrogen) atoms. The Labute approximate surface area is 117 Å². The number of carbonyl (C=O) groups excluding carboxylic acids is 1. The average Bonchev–Trinajstić information content (AvgIpc) is 3.02. The first-order chi connectivity index (χ1) is 9.21. The molecule has 3 atom stereocenters. The fraction of sp³-hybridized carbons (Fsp3) is 0.941. The van der Waals surface area contributed by atoms with Gasteiger partial charge in [-0.25, -0.2) is 0 Å². The first-order valence-electron chi connectivity index (χ1n) is 8.42. The highest BCUT2D eigenvalue weighted by Crippen LogP contribution is 2.50. The lowest BCUT2D eigenvalue weighted by atomic mass is 9.70. The Balaban J connectivity index is 1.52. The van der Waals surface area contributed by atoms with Crippen LogP contribution < -0.4 is 5.73 Å². The Hall–Kier alpha value is -0.370. The highest BCUT2D eigenvalue weighted by Gasteiger charge is 2.41. The van der Waals surface area contributed by atoms with Gasteiger partial charge in [-0.1, -0.05) is 25.7 Å². The lowest BCUT2D eigenvalue weighted by Gasteiger charge is -2.36. The fourth-order valence-corrected chi connectivity index (χ4v) is 5.16. The van der Waals surface area contributed by atoms with Crippen molar-refractivity contribution in [3.63, 3.8) is 0 Å². The maximum atomic E-state index is 12.5. The molecule has 2 heteroatoms. The van der Waals surface area contributed by atoms with Crippen molar-refractivity contribution in [1.29, 1.82) is 0 Å². The topological polar surface area (TPSA) is 43.1 Å². The van der Waals surface area contributed by atoms with Crippen LogP contribution in [0, 0.1) is 23.2 Å². The number of hydrogen-bond acceptors (Lipinski definition) is 2. The van der Waals surface area contributed by atoms with Crippen LogP contribution in [0.3, 0.4) is 0 Å². The van der Waals surface area contributed by atoms with E-state index in [0.29, 0.717) is 5.78 Å². The zero-order chi connectivity index (χ0) is 13.3. The van der Waals surface area contributed by atoms with Gasteiger partial charge in [-0.05, 0) is 61.8 Å². The van der Waals surface area contributed by atoms with E-state index in [0.717, 1.165) is 37.1 Å². The van der Waals surface area contributed by atoms with Gasteiger partial charge >= 0.3 is 0 Å². The Bertz CT molecular complexity index is 332. The molecule has 0 radical (unpaired) electrons. The van der Waals surface area contributed by atoms with Crippen molar-refractivity contribution in [2.75, 3.05) is 6.54 Å². The number of rotatable bonds is 5. The molecule has 3 aliphatic carbocycles. The zero-order valence-corrected chi connectivity index (χ0v) is 12.2. The molecule has 0 aliphatic heterocycles. The lowest BCUT2D eigenvalue weighted by Crippen LogP contribution is -2.35. The molecule has 2 bridgehead atoms. The molecule has 3 saturated carbocycles. The maximum absolute atomic E-state index is 12.5. The number of Topliss-reactive ketones (excluding diaryl/α,β-unsaturated/α-hetero) is 1. The van der Waals surface area contributed by atoms with E-state index in [-0.39, 0.29) is 5.41 Å². The minimum Gasteiger partial charge on any atom is -0.330 e. The van der Waals surface area contributed by atoms with Gasteiger partial charge in [-0.3, -0.25) is 4.79 Å². The second-order valence-corrected chi connectivity index (χ2v) is 7.62. The number of nitrogens with two attached hydrogens (primary N) is 1. The van der Waals surface area contributed by atoms with Gasteiger partial charge in [-0.15, -0.1) is 0 Å². The molecule has 0 aromatic carbocycles. The Morgan fingerprint density at radius 1 is 1.11 bits per heavy atom. The van der Waals surface area contributed by atoms with Crippen LogP contribution in [-0.4, -0.2) is 12.3 Å². The SMILES string of the molecule is NCC1(CC(=O)CC2CC3CCC2C3)CCCCC1. The van der Waals surface area contributed by atoms with Crippen LogP contribution in [0.25, 0.3) is 0 Å². The molecule has 2 N–H and O–H groups in total. The van der Waals surface area contributed by atoms with Gasteiger partial charge < -0.3 is 5.73 Å². The first kappa shape index (κ1) is 13.6. The van der Waals surface area contributed by atoms with E-state index in [1.165, 1.54) is 57.8 Å². The third-order valence-electron chi connectivity index (χ3n) is 6.29. The number of fused-ring (bicyclic) bond motifs is 2. The minimum atomic E-state index is 0.174. The molecule has 108 valence electrons. The number of carbonyl (C=O) groups is 1. The molecular formula is C17H29NO. The van der Waals surface area contributed by atoms with Gasteiger partial charge in [0.05, 0.1) is 0 Å². The van der Waals surface area contributed by atoms with Gasteiger partial charge in [0.15, 0.2) is 0 Å². The summed E-state index contributed by atoms with van der Waals surface area (Å²) in [7, 11) is 0. The van der Waals surface area contributed by atoms with E-state index in [2.05, 4.69) is 0 Å². The molecule has 2 nitrogen and oxygen atoms in total. The van der Waals surface area contributed by atoms with Crippen molar-refractivity contribution in [3.8, 4) is 0 Å². The minimum absolute atomic E-state index is 0.174. The molecule has 0 amide bonds. The molecule has 0 aromatic rings. The Morgan fingerprint density at radius 2 is 1.89 bits per heavy atom. The molecule has 3 unspecified atom stereocenters. The monoisotopic (exact) mass is 263 g/mol. The summed E-state index contributed by atoms with van der Waals surface area (Å²) in [5.74, 6) is 3.09. The summed E-state index contributed by atoms with van der Waals surface area (Å²) < 4.78 is 0. The van der Waals surface area contributed by atoms with Crippen molar-refractivity contribution >= 4 is 5.78 Å². The second-order valence-electron chi connectivity index (χ2n) is 7.62. The predicted octanol–water partition coefficient (Wildman–Crippen LogP) is 3.68. The third kappa shape index (κ3) is 2.89. The number of hydrogen-bond donors (Lipinski definition) is 1. The summed E-state index contributed by atoms with van der Waals surface area (Å²) in [5, 5.41) is 0. The number of ketones is 1. The molecular weight excluding hydrogens is 234 g/mol. The van der Waals surface area contributed by atoms with E-state index >= 15 is 0 Å². The highest BCUT2D eigenvalue weighted by atomic mass is 16.1. The molecule has 0 heterocycles. The summed E-state index contributed by atoms with van der Waals surface area (Å²) in [4.78, 5) is 12.5. The summed E-state index contributed by atoms with van der Waals surface area (Å²) in [6, 6.07) is 0. The van der Waals surface area contributed by atoms with E-state index in [1.807, 2.05) is 0 Å². The summed E-state index contributed by atoms with van der Waals surface area (Å²) >= 11 is 0. The smallest absolute Gasteiger partial charge is 0.133 e. The third-order valence-corrected chi connectivity index (χ3v) is 6.29. The van der Waals surface area contributed by atoms with Crippen LogP contribution in [0.1, 0.15) is 70.6 Å². The predicted molar refractivity (Wildman–Crippen MR) is 77.8 cm³/mol. The molecule has 0 aromatic heterocycles. The first-order valence-corrected chi connectivity index (χ1v) is 8.42. The van der Waals surface area contributed by atoms with Crippen molar-refractivity contribution < 1.29 is 4.79 Å². The molecule has 3 rings (SSSR count).